The minimum Gasteiger partial charge on any atom is -0.388 e. The van der Waals surface area contributed by atoms with Gasteiger partial charge in [-0.25, -0.2) is 13.2 Å². The Morgan fingerprint density at radius 1 is 1.07 bits per heavy atom. The van der Waals surface area contributed by atoms with Crippen LogP contribution in [0, 0.1) is 5.82 Å². The lowest BCUT2D eigenvalue weighted by molar-refractivity contribution is -0.0768. The van der Waals surface area contributed by atoms with E-state index in [0.29, 0.717) is 50.1 Å². The number of piperidine rings is 1. The van der Waals surface area contributed by atoms with Crippen LogP contribution in [0.2, 0.25) is 0 Å². The van der Waals surface area contributed by atoms with Crippen LogP contribution in [0.1, 0.15) is 42.6 Å². The highest BCUT2D eigenvalue weighted by Gasteiger charge is 2.38. The number of carbonyl (C=O) groups is 1. The van der Waals surface area contributed by atoms with Crippen molar-refractivity contribution < 1.29 is 23.1 Å². The molecule has 2 aliphatic rings. The number of nitrogens with one attached hydrogen (secondary N) is 1. The molecule has 0 radical (unpaired) electrons. The molecule has 1 aromatic carbocycles. The van der Waals surface area contributed by atoms with Gasteiger partial charge in [0.2, 0.25) is 0 Å². The minimum absolute atomic E-state index is 0.172. The predicted octanol–water partition coefficient (Wildman–Crippen LogP) is 3.40. The van der Waals surface area contributed by atoms with E-state index in [1.54, 1.807) is 17.0 Å². The molecule has 8 heteroatoms. The van der Waals surface area contributed by atoms with Gasteiger partial charge in [0, 0.05) is 56.5 Å². The number of carbonyl (C=O) groups excluding carboxylic acids is 1. The van der Waals surface area contributed by atoms with Crippen molar-refractivity contribution in [2.45, 2.75) is 43.6 Å². The number of aliphatic hydroxyl groups is 1. The van der Waals surface area contributed by atoms with Crippen LogP contribution in [-0.2, 0) is 0 Å². The summed E-state index contributed by atoms with van der Waals surface area (Å²) in [6, 6.07) is 6.05. The smallest absolute Gasteiger partial charge is 0.270 e. The van der Waals surface area contributed by atoms with E-state index in [-0.39, 0.29) is 37.7 Å². The van der Waals surface area contributed by atoms with Gasteiger partial charge in [-0.3, -0.25) is 4.79 Å². The molecule has 2 saturated heterocycles. The van der Waals surface area contributed by atoms with Crippen LogP contribution in [0.4, 0.5) is 13.2 Å². The van der Waals surface area contributed by atoms with Gasteiger partial charge in [0.05, 0.1) is 5.60 Å². The van der Waals surface area contributed by atoms with Crippen LogP contribution in [-0.4, -0.2) is 70.0 Å². The summed E-state index contributed by atoms with van der Waals surface area (Å²) in [6.45, 7) is 1.83. The Kier molecular flexibility index (Phi) is 5.33. The monoisotopic (exact) mass is 409 g/mol. The Labute approximate surface area is 167 Å². The summed E-state index contributed by atoms with van der Waals surface area (Å²) in [5.41, 5.74) is -0.0125. The number of H-pyrrole nitrogens is 1. The van der Waals surface area contributed by atoms with Gasteiger partial charge in [-0.2, -0.15) is 0 Å². The van der Waals surface area contributed by atoms with E-state index in [1.165, 1.54) is 12.1 Å². The van der Waals surface area contributed by atoms with Crippen LogP contribution in [0.25, 0.3) is 10.9 Å². The number of likely N-dealkylation sites (tertiary alicyclic amines) is 2. The number of aromatic amines is 1. The maximum atomic E-state index is 13.4. The van der Waals surface area contributed by atoms with Gasteiger partial charge in [0.1, 0.15) is 11.5 Å². The molecular weight excluding hydrogens is 383 g/mol. The molecule has 0 bridgehead atoms. The van der Waals surface area contributed by atoms with Gasteiger partial charge in [0.15, 0.2) is 0 Å². The molecule has 0 aliphatic carbocycles. The van der Waals surface area contributed by atoms with Gasteiger partial charge in [-0.1, -0.05) is 0 Å². The fourth-order valence-electron chi connectivity index (χ4n) is 4.38. The van der Waals surface area contributed by atoms with E-state index in [0.717, 1.165) is 5.39 Å². The maximum absolute atomic E-state index is 13.4. The first-order chi connectivity index (χ1) is 13.7. The summed E-state index contributed by atoms with van der Waals surface area (Å²) in [5, 5.41) is 11.8. The summed E-state index contributed by atoms with van der Waals surface area (Å²) in [7, 11) is 0. The molecule has 0 spiro atoms. The number of fused-ring (bicyclic) bond motifs is 1. The lowest BCUT2D eigenvalue weighted by Crippen LogP contribution is -2.48. The zero-order valence-corrected chi connectivity index (χ0v) is 16.3. The SMILES string of the molecule is O=C(c1cc2ccc(F)cc2[nH]1)N1CCCC(O)(CN2CCC(F)(F)CC2)CC1. The van der Waals surface area contributed by atoms with Gasteiger partial charge in [0.25, 0.3) is 11.8 Å². The molecule has 5 nitrogen and oxygen atoms in total. The quantitative estimate of drug-likeness (QED) is 0.817. The van der Waals surface area contributed by atoms with Crippen molar-refractivity contribution in [3.05, 3.63) is 35.8 Å². The number of benzene rings is 1. The van der Waals surface area contributed by atoms with Gasteiger partial charge in [-0.15, -0.1) is 0 Å². The summed E-state index contributed by atoms with van der Waals surface area (Å²) in [6.07, 6.45) is 1.23. The maximum Gasteiger partial charge on any atom is 0.270 e. The fourth-order valence-corrected chi connectivity index (χ4v) is 4.38. The number of alkyl halides is 2. The van der Waals surface area contributed by atoms with Crippen LogP contribution in [0.5, 0.6) is 0 Å². The average molecular weight is 409 g/mol. The minimum atomic E-state index is -2.60. The number of halogens is 3. The van der Waals surface area contributed by atoms with Crippen molar-refractivity contribution in [2.24, 2.45) is 0 Å². The van der Waals surface area contributed by atoms with Crippen molar-refractivity contribution in [3.8, 4) is 0 Å². The van der Waals surface area contributed by atoms with E-state index in [4.69, 9.17) is 0 Å². The third-order valence-corrected chi connectivity index (χ3v) is 6.12. The van der Waals surface area contributed by atoms with Crippen molar-refractivity contribution in [1.82, 2.24) is 14.8 Å². The molecule has 158 valence electrons. The molecule has 2 fully saturated rings. The second-order valence-corrected chi connectivity index (χ2v) is 8.42. The van der Waals surface area contributed by atoms with Crippen molar-refractivity contribution in [3.63, 3.8) is 0 Å². The lowest BCUT2D eigenvalue weighted by Gasteiger charge is -2.37. The number of amides is 1. The van der Waals surface area contributed by atoms with Crippen LogP contribution in [0.3, 0.4) is 0 Å². The third-order valence-electron chi connectivity index (χ3n) is 6.12. The topological polar surface area (TPSA) is 59.6 Å². The zero-order chi connectivity index (χ0) is 20.6. The number of nitrogens with zero attached hydrogens (tertiary/aromatic N) is 2. The molecule has 2 aliphatic heterocycles. The van der Waals surface area contributed by atoms with E-state index in [9.17, 15) is 23.1 Å². The van der Waals surface area contributed by atoms with Crippen molar-refractivity contribution >= 4 is 16.8 Å². The molecule has 29 heavy (non-hydrogen) atoms. The highest BCUT2D eigenvalue weighted by molar-refractivity contribution is 5.98. The predicted molar refractivity (Wildman–Crippen MR) is 104 cm³/mol. The average Bonchev–Trinajstić information content (AvgIpc) is 2.99. The Balaban J connectivity index is 1.39. The van der Waals surface area contributed by atoms with E-state index in [1.807, 2.05) is 4.90 Å². The Bertz CT molecular complexity index is 890. The summed E-state index contributed by atoms with van der Waals surface area (Å²) < 4.78 is 40.1. The Morgan fingerprint density at radius 3 is 2.59 bits per heavy atom. The number of rotatable bonds is 3. The number of hydrogen-bond donors (Lipinski definition) is 2. The number of aromatic nitrogens is 1. The van der Waals surface area contributed by atoms with Crippen LogP contribution < -0.4 is 0 Å². The first-order valence-corrected chi connectivity index (χ1v) is 10.1. The fraction of sp³-hybridized carbons (Fsp3) is 0.571. The van der Waals surface area contributed by atoms with Crippen molar-refractivity contribution in [1.29, 1.82) is 0 Å². The zero-order valence-electron chi connectivity index (χ0n) is 16.3. The van der Waals surface area contributed by atoms with Crippen molar-refractivity contribution in [2.75, 3.05) is 32.7 Å². The molecule has 2 aromatic rings. The summed E-state index contributed by atoms with van der Waals surface area (Å²) in [4.78, 5) is 19.5. The third kappa shape index (κ3) is 4.59. The highest BCUT2D eigenvalue weighted by atomic mass is 19.3. The summed E-state index contributed by atoms with van der Waals surface area (Å²) >= 11 is 0. The summed E-state index contributed by atoms with van der Waals surface area (Å²) in [5.74, 6) is -3.15. The normalized spacial score (nSPS) is 25.9. The first kappa shape index (κ1) is 20.2. The molecule has 1 aromatic heterocycles. The van der Waals surface area contributed by atoms with Gasteiger partial charge in [-0.05, 0) is 43.5 Å². The second-order valence-electron chi connectivity index (χ2n) is 8.42. The van der Waals surface area contributed by atoms with E-state index < -0.39 is 11.5 Å². The molecule has 3 heterocycles. The number of hydrogen-bond acceptors (Lipinski definition) is 3. The van der Waals surface area contributed by atoms with Gasteiger partial charge >= 0.3 is 0 Å². The van der Waals surface area contributed by atoms with Crippen LogP contribution in [0.15, 0.2) is 24.3 Å². The molecular formula is C21H26F3N3O2. The number of β-amino-alcohol motifs (C(OH)–C–C–N with tert-alkyl or cyclic N) is 1. The first-order valence-electron chi connectivity index (χ1n) is 10.1. The molecule has 2 N–H and O–H groups in total. The standard InChI is InChI=1S/C21H26F3N3O2/c22-16-3-2-15-12-18(25-17(15)13-16)19(28)27-8-1-4-20(29,5-11-27)14-26-9-6-21(23,24)7-10-26/h2-3,12-13,25,29H,1,4-11,14H2. The highest BCUT2D eigenvalue weighted by Crippen LogP contribution is 2.31. The molecule has 4 rings (SSSR count). The molecule has 1 unspecified atom stereocenters. The van der Waals surface area contributed by atoms with E-state index >= 15 is 0 Å². The Hall–Kier alpha value is -2.06. The lowest BCUT2D eigenvalue weighted by atomic mass is 9.93. The van der Waals surface area contributed by atoms with Gasteiger partial charge < -0.3 is 19.9 Å². The molecule has 0 saturated carbocycles. The van der Waals surface area contributed by atoms with Crippen LogP contribution >= 0.6 is 0 Å². The van der Waals surface area contributed by atoms with E-state index in [2.05, 4.69) is 4.98 Å². The Morgan fingerprint density at radius 2 is 1.83 bits per heavy atom. The molecule has 1 amide bonds. The largest absolute Gasteiger partial charge is 0.388 e. The molecule has 1 atom stereocenters. The second kappa shape index (κ2) is 7.65.